The number of fused-ring (bicyclic) bond motifs is 1. The number of hydrogen-bond donors (Lipinski definition) is 10. The maximum Gasteiger partial charge on any atom is 0.481 e. The number of nitrogens with zero attached hydrogens (tertiary/aromatic N) is 4. The highest BCUT2D eigenvalue weighted by Crippen LogP contribution is 2.61. The molecule has 0 radical (unpaired) electrons. The first-order valence-corrected chi connectivity index (χ1v) is 20.7. The number of imidazole rings is 1. The van der Waals surface area contributed by atoms with Crippen molar-refractivity contribution in [2.75, 3.05) is 37.8 Å². The van der Waals surface area contributed by atoms with Gasteiger partial charge in [-0.2, -0.15) is 4.31 Å². The van der Waals surface area contributed by atoms with Crippen LogP contribution in [-0.2, 0) is 50.7 Å². The van der Waals surface area contributed by atoms with Gasteiger partial charge in [0.25, 0.3) is 0 Å². The van der Waals surface area contributed by atoms with Crippen molar-refractivity contribution >= 4 is 69.1 Å². The molecule has 25 nitrogen and oxygen atoms in total. The Bertz CT molecular complexity index is 1760. The quantitative estimate of drug-likeness (QED) is 0.0510. The van der Waals surface area contributed by atoms with Gasteiger partial charge in [0.05, 0.1) is 25.6 Å². The van der Waals surface area contributed by atoms with E-state index in [9.17, 15) is 57.9 Å². The molecule has 0 bridgehead atoms. The van der Waals surface area contributed by atoms with Gasteiger partial charge in [-0.1, -0.05) is 25.6 Å². The zero-order chi connectivity index (χ0) is 39.9. The molecule has 29 heteroatoms. The molecule has 1 saturated heterocycles. The minimum atomic E-state index is -5.57. The summed E-state index contributed by atoms with van der Waals surface area (Å²) >= 11 is 0.953. The van der Waals surface area contributed by atoms with Gasteiger partial charge in [0.1, 0.15) is 36.3 Å². The number of nitrogens with two attached hydrogens (primary N) is 2. The van der Waals surface area contributed by atoms with Crippen LogP contribution in [0.3, 0.4) is 0 Å². The third kappa shape index (κ3) is 13.4. The monoisotopic (exact) mass is 838 g/mol. The van der Waals surface area contributed by atoms with Crippen molar-refractivity contribution in [3.05, 3.63) is 12.7 Å². The summed E-state index contributed by atoms with van der Waals surface area (Å²) in [6, 6.07) is -0.646. The van der Waals surface area contributed by atoms with Crippen molar-refractivity contribution in [3.63, 3.8) is 0 Å². The summed E-state index contributed by atoms with van der Waals surface area (Å²) in [6.45, 7) is 1.94. The Morgan fingerprint density at radius 1 is 1.08 bits per heavy atom. The van der Waals surface area contributed by atoms with Gasteiger partial charge < -0.3 is 56.6 Å². The number of hydrogen-bond acceptors (Lipinski definition) is 19. The molecule has 2 amide bonds. The largest absolute Gasteiger partial charge is 0.481 e. The van der Waals surface area contributed by atoms with Gasteiger partial charge in [-0.15, -0.1) is 0 Å². The van der Waals surface area contributed by atoms with Gasteiger partial charge in [-0.05, 0) is 6.92 Å². The Morgan fingerprint density at radius 3 is 2.38 bits per heavy atom. The maximum atomic E-state index is 12.6. The summed E-state index contributed by atoms with van der Waals surface area (Å²) in [5, 5.41) is 26.0. The Morgan fingerprint density at radius 2 is 1.74 bits per heavy atom. The first kappa shape index (κ1) is 44.9. The molecule has 2 aromatic heterocycles. The molecule has 0 aliphatic carbocycles. The molecule has 0 aromatic carbocycles. The normalized spacial score (nSPS) is 22.8. The fourth-order valence-electron chi connectivity index (χ4n) is 4.41. The van der Waals surface area contributed by atoms with Crippen molar-refractivity contribution in [3.8, 4) is 0 Å². The zero-order valence-electron chi connectivity index (χ0n) is 28.2. The second-order valence-electron chi connectivity index (χ2n) is 12.0. The van der Waals surface area contributed by atoms with Gasteiger partial charge in [0.15, 0.2) is 17.7 Å². The highest BCUT2D eigenvalue weighted by molar-refractivity contribution is 8.13. The van der Waals surface area contributed by atoms with Crippen molar-refractivity contribution < 1.29 is 80.5 Å². The first-order chi connectivity index (χ1) is 24.4. The molecule has 1 aliphatic rings. The topological polar surface area (TPSA) is 390 Å². The lowest BCUT2D eigenvalue weighted by atomic mass is 9.87. The summed E-state index contributed by atoms with van der Waals surface area (Å²) in [4.78, 5) is 86.7. The van der Waals surface area contributed by atoms with E-state index in [1.807, 2.05) is 0 Å². The van der Waals surface area contributed by atoms with Gasteiger partial charge in [-0.3, -0.25) is 32.5 Å². The molecule has 1 aliphatic heterocycles. The van der Waals surface area contributed by atoms with E-state index in [0.717, 1.165) is 29.0 Å². The number of aliphatic hydroxyl groups excluding tert-OH is 2. The Labute approximate surface area is 304 Å². The lowest BCUT2D eigenvalue weighted by Gasteiger charge is -2.30. The van der Waals surface area contributed by atoms with Crippen LogP contribution >= 0.6 is 35.2 Å². The third-order valence-corrected chi connectivity index (χ3v) is 11.3. The van der Waals surface area contributed by atoms with Crippen LogP contribution in [0.5, 0.6) is 0 Å². The summed E-state index contributed by atoms with van der Waals surface area (Å²) in [5.41, 5.74) is 9.69. The predicted molar refractivity (Wildman–Crippen MR) is 181 cm³/mol. The highest BCUT2D eigenvalue weighted by Gasteiger charge is 2.50. The molecule has 8 atom stereocenters. The number of nitrogen functional groups attached to an aromatic ring is 1. The van der Waals surface area contributed by atoms with E-state index in [4.69, 9.17) is 25.3 Å². The molecular formula is C24H41N8O17P3S. The number of phosphoric acid groups is 3. The minimum absolute atomic E-state index is 0.0281. The minimum Gasteiger partial charge on any atom is -0.386 e. The number of nitrogens with one attached hydrogen (secondary N) is 2. The molecule has 1 fully saturated rings. The second-order valence-corrected chi connectivity index (χ2v) is 17.4. The molecular weight excluding hydrogens is 797 g/mol. The number of ether oxygens (including phenoxy) is 1. The average Bonchev–Trinajstić information content (AvgIpc) is 3.60. The Kier molecular flexibility index (Phi) is 15.6. The number of anilines is 1. The van der Waals surface area contributed by atoms with Crippen LogP contribution < -0.4 is 22.1 Å². The van der Waals surface area contributed by atoms with Gasteiger partial charge in [-0.25, -0.2) is 28.6 Å². The van der Waals surface area contributed by atoms with Gasteiger partial charge in [0.2, 0.25) is 16.9 Å². The highest BCUT2D eigenvalue weighted by atomic mass is 32.2. The number of rotatable bonds is 20. The Balaban J connectivity index is 1.52. The summed E-state index contributed by atoms with van der Waals surface area (Å²) < 4.78 is 61.9. The van der Waals surface area contributed by atoms with E-state index in [0.29, 0.717) is 0 Å². The number of amides is 2. The maximum absolute atomic E-state index is 12.6. The fourth-order valence-corrected chi connectivity index (χ4v) is 7.91. The number of thioether (sulfide) groups is 1. The van der Waals surface area contributed by atoms with Crippen LogP contribution in [0.1, 0.15) is 33.4 Å². The lowest BCUT2D eigenvalue weighted by molar-refractivity contribution is -0.137. The van der Waals surface area contributed by atoms with E-state index in [-0.39, 0.29) is 47.4 Å². The summed E-state index contributed by atoms with van der Waals surface area (Å²) in [5.74, 6) is -1.21. The van der Waals surface area contributed by atoms with Crippen LogP contribution in [0.2, 0.25) is 0 Å². The third-order valence-electron chi connectivity index (χ3n) is 7.12. The number of aliphatic hydroxyl groups is 2. The van der Waals surface area contributed by atoms with E-state index in [1.54, 1.807) is 0 Å². The second kappa shape index (κ2) is 18.4. The summed E-state index contributed by atoms with van der Waals surface area (Å²) in [6.07, 6.45) is -6.95. The number of aromatic nitrogens is 4. The molecule has 3 rings (SSSR count). The van der Waals surface area contributed by atoms with Crippen molar-refractivity contribution in [2.45, 2.75) is 63.9 Å². The van der Waals surface area contributed by atoms with Crippen LogP contribution in [0.15, 0.2) is 12.7 Å². The van der Waals surface area contributed by atoms with E-state index in [2.05, 4.69) is 34.4 Å². The molecule has 53 heavy (non-hydrogen) atoms. The number of carbonyl (C=O) groups excluding carboxylic acids is 3. The van der Waals surface area contributed by atoms with E-state index < -0.39 is 90.6 Å². The number of carbonyl (C=O) groups is 3. The van der Waals surface area contributed by atoms with E-state index >= 15 is 0 Å². The van der Waals surface area contributed by atoms with Crippen molar-refractivity contribution in [1.29, 1.82) is 0 Å². The molecule has 12 N–H and O–H groups in total. The Hall–Kier alpha value is -2.48. The van der Waals surface area contributed by atoms with Crippen LogP contribution in [0, 0.1) is 5.41 Å². The predicted octanol–water partition coefficient (Wildman–Crippen LogP) is -1.99. The van der Waals surface area contributed by atoms with Crippen LogP contribution in [0.25, 0.3) is 11.2 Å². The van der Waals surface area contributed by atoms with Gasteiger partial charge in [0, 0.05) is 30.7 Å². The van der Waals surface area contributed by atoms with Gasteiger partial charge >= 0.3 is 23.5 Å². The SMILES string of the molecule is CC(N)C(=O)SCCNC(=O)CCNC(=O)[C@H](O)C(C)(C)COP(=O)(O)OP(=O)(O)OC[C@H]1O[C@@H](n2cnc3c(N)ncnc32)[C@H](O)[C@@H]1OP(=O)(O)O. The smallest absolute Gasteiger partial charge is 0.386 e. The lowest BCUT2D eigenvalue weighted by Crippen LogP contribution is -2.46. The van der Waals surface area contributed by atoms with E-state index in [1.165, 1.54) is 20.8 Å². The zero-order valence-corrected chi connectivity index (χ0v) is 31.7. The fraction of sp³-hybridized carbons (Fsp3) is 0.667. The molecule has 3 unspecified atom stereocenters. The van der Waals surface area contributed by atoms with Crippen molar-refractivity contribution in [2.24, 2.45) is 11.1 Å². The van der Waals surface area contributed by atoms with Crippen LogP contribution in [-0.4, -0.2) is 129 Å². The molecule has 0 saturated carbocycles. The standard InChI is InChI=1S/C24H41N8O17P3S/c1-12(25)23(37)53-7-6-27-14(33)4-5-28-21(36)18(35)24(2,3)9-46-52(43,44)49-51(41,42)45-8-13-17(48-50(38,39)40)16(34)22(47-13)32-11-31-15-19(26)29-10-30-20(15)32/h10-13,16-18,22,34-35H,4-9,25H2,1-3H3,(H,27,33)(H,28,36)(H,41,42)(H,43,44)(H2,26,29,30)(H2,38,39,40)/t12?,13-,16-,17-,18+,22-/m1/s1. The van der Waals surface area contributed by atoms with Crippen LogP contribution in [0.4, 0.5) is 5.82 Å². The molecule has 3 heterocycles. The molecule has 0 spiro atoms. The first-order valence-electron chi connectivity index (χ1n) is 15.2. The summed E-state index contributed by atoms with van der Waals surface area (Å²) in [7, 11) is -16.4. The number of phosphoric ester groups is 3. The average molecular weight is 839 g/mol. The van der Waals surface area contributed by atoms with Crippen molar-refractivity contribution in [1.82, 2.24) is 30.2 Å². The molecule has 2 aromatic rings. The molecule has 300 valence electrons.